The predicted octanol–water partition coefficient (Wildman–Crippen LogP) is 3.47. The zero-order valence-corrected chi connectivity index (χ0v) is 11.1. The molecule has 0 spiro atoms. The number of hydrogen-bond donors (Lipinski definition) is 0. The number of Topliss-reactive ketones (excluding diaryl/α,β-unsaturated/α-hetero) is 1. The van der Waals surface area contributed by atoms with Crippen LogP contribution < -0.4 is 0 Å². The van der Waals surface area contributed by atoms with Crippen molar-refractivity contribution in [3.63, 3.8) is 0 Å². The van der Waals surface area contributed by atoms with E-state index in [1.54, 1.807) is 6.92 Å². The number of hydrogen-bond acceptors (Lipinski definition) is 2. The van der Waals surface area contributed by atoms with Gasteiger partial charge in [0.1, 0.15) is 0 Å². The predicted molar refractivity (Wildman–Crippen MR) is 72.7 cm³/mol. The molecule has 0 bridgehead atoms. The first kappa shape index (κ1) is 12.6. The first-order valence-electron chi connectivity index (χ1n) is 6.28. The highest BCUT2D eigenvalue weighted by Crippen LogP contribution is 2.27. The molecule has 94 valence electrons. The number of rotatable bonds is 4. The number of aromatic nitrogens is 2. The molecule has 0 saturated heterocycles. The minimum atomic E-state index is 0.0910. The first-order valence-corrected chi connectivity index (χ1v) is 6.28. The lowest BCUT2D eigenvalue weighted by molar-refractivity contribution is 0.101. The Balaban J connectivity index is 2.52. The lowest BCUT2D eigenvalue weighted by Crippen LogP contribution is -2.01. The highest BCUT2D eigenvalue weighted by Gasteiger charge is 2.13. The molecule has 1 aromatic carbocycles. The van der Waals surface area contributed by atoms with Crippen LogP contribution in [-0.4, -0.2) is 15.6 Å². The summed E-state index contributed by atoms with van der Waals surface area (Å²) in [6, 6.07) is 7.70. The molecular weight excluding hydrogens is 224 g/mol. The van der Waals surface area contributed by atoms with Crippen LogP contribution in [0.1, 0.15) is 36.3 Å². The summed E-state index contributed by atoms with van der Waals surface area (Å²) in [5, 5.41) is 4.39. The van der Waals surface area contributed by atoms with E-state index >= 15 is 0 Å². The molecule has 1 heterocycles. The van der Waals surface area contributed by atoms with Crippen molar-refractivity contribution in [2.45, 2.75) is 33.7 Å². The lowest BCUT2D eigenvalue weighted by Gasteiger charge is -2.07. The third-order valence-electron chi connectivity index (χ3n) is 3.14. The standard InChI is InChI=1S/C15H18N2O/c1-4-9-17-11(2)15(10-16-17)14-8-6-5-7-13(14)12(3)18/h5-8,10H,4,9H2,1-3H3. The van der Waals surface area contributed by atoms with Crippen molar-refractivity contribution < 1.29 is 4.79 Å². The Morgan fingerprint density at radius 2 is 2.00 bits per heavy atom. The van der Waals surface area contributed by atoms with Crippen LogP contribution in [0.25, 0.3) is 11.1 Å². The van der Waals surface area contributed by atoms with Gasteiger partial charge in [0.15, 0.2) is 5.78 Å². The molecule has 0 radical (unpaired) electrons. The highest BCUT2D eigenvalue weighted by molar-refractivity contribution is 6.00. The molecule has 3 nitrogen and oxygen atoms in total. The molecule has 0 unspecified atom stereocenters. The summed E-state index contributed by atoms with van der Waals surface area (Å²) in [7, 11) is 0. The Morgan fingerprint density at radius 3 is 2.67 bits per heavy atom. The quantitative estimate of drug-likeness (QED) is 0.769. The van der Waals surface area contributed by atoms with E-state index in [0.717, 1.165) is 35.3 Å². The van der Waals surface area contributed by atoms with E-state index in [-0.39, 0.29) is 5.78 Å². The van der Waals surface area contributed by atoms with Gasteiger partial charge in [0.05, 0.1) is 6.20 Å². The van der Waals surface area contributed by atoms with Crippen LogP contribution in [0.5, 0.6) is 0 Å². The maximum Gasteiger partial charge on any atom is 0.160 e. The number of benzene rings is 1. The van der Waals surface area contributed by atoms with Crippen molar-refractivity contribution in [1.82, 2.24) is 9.78 Å². The van der Waals surface area contributed by atoms with Gasteiger partial charge in [-0.15, -0.1) is 0 Å². The van der Waals surface area contributed by atoms with E-state index in [1.807, 2.05) is 35.1 Å². The van der Waals surface area contributed by atoms with E-state index in [1.165, 1.54) is 0 Å². The second-order valence-corrected chi connectivity index (χ2v) is 4.47. The van der Waals surface area contributed by atoms with E-state index in [0.29, 0.717) is 0 Å². The Hall–Kier alpha value is -1.90. The number of carbonyl (C=O) groups is 1. The summed E-state index contributed by atoms with van der Waals surface area (Å²) in [5.74, 6) is 0.0910. The van der Waals surface area contributed by atoms with E-state index < -0.39 is 0 Å². The van der Waals surface area contributed by atoms with Crippen LogP contribution in [0, 0.1) is 6.92 Å². The largest absolute Gasteiger partial charge is 0.294 e. The van der Waals surface area contributed by atoms with Gasteiger partial charge in [-0.25, -0.2) is 0 Å². The zero-order chi connectivity index (χ0) is 13.1. The number of carbonyl (C=O) groups excluding carboxylic acids is 1. The molecule has 0 aliphatic carbocycles. The maximum absolute atomic E-state index is 11.7. The van der Waals surface area contributed by atoms with Crippen molar-refractivity contribution in [1.29, 1.82) is 0 Å². The van der Waals surface area contributed by atoms with Crippen molar-refractivity contribution in [2.75, 3.05) is 0 Å². The lowest BCUT2D eigenvalue weighted by atomic mass is 9.98. The van der Waals surface area contributed by atoms with Crippen LogP contribution in [0.3, 0.4) is 0 Å². The van der Waals surface area contributed by atoms with Crippen LogP contribution in [-0.2, 0) is 6.54 Å². The number of nitrogens with zero attached hydrogens (tertiary/aromatic N) is 2. The molecule has 0 N–H and O–H groups in total. The molecule has 2 aromatic rings. The maximum atomic E-state index is 11.7. The fourth-order valence-electron chi connectivity index (χ4n) is 2.17. The van der Waals surface area contributed by atoms with Gasteiger partial charge in [-0.2, -0.15) is 5.10 Å². The van der Waals surface area contributed by atoms with Crippen LogP contribution in [0.15, 0.2) is 30.5 Å². The molecule has 1 aromatic heterocycles. The van der Waals surface area contributed by atoms with Gasteiger partial charge in [0.25, 0.3) is 0 Å². The summed E-state index contributed by atoms with van der Waals surface area (Å²) >= 11 is 0. The summed E-state index contributed by atoms with van der Waals surface area (Å²) < 4.78 is 1.99. The third-order valence-corrected chi connectivity index (χ3v) is 3.14. The monoisotopic (exact) mass is 242 g/mol. The number of aryl methyl sites for hydroxylation is 1. The first-order chi connectivity index (χ1) is 8.65. The zero-order valence-electron chi connectivity index (χ0n) is 11.1. The van der Waals surface area contributed by atoms with E-state index in [9.17, 15) is 4.79 Å². The molecule has 0 aliphatic heterocycles. The Bertz CT molecular complexity index is 570. The molecule has 3 heteroatoms. The van der Waals surface area contributed by atoms with E-state index in [2.05, 4.69) is 18.9 Å². The van der Waals surface area contributed by atoms with E-state index in [4.69, 9.17) is 0 Å². The fraction of sp³-hybridized carbons (Fsp3) is 0.333. The second-order valence-electron chi connectivity index (χ2n) is 4.47. The third kappa shape index (κ3) is 2.21. The summed E-state index contributed by atoms with van der Waals surface area (Å²) in [4.78, 5) is 11.7. The average Bonchev–Trinajstić information content (AvgIpc) is 2.72. The van der Waals surface area contributed by atoms with Gasteiger partial charge >= 0.3 is 0 Å². The van der Waals surface area contributed by atoms with Gasteiger partial charge in [0.2, 0.25) is 0 Å². The van der Waals surface area contributed by atoms with Gasteiger partial charge in [0, 0.05) is 23.4 Å². The average molecular weight is 242 g/mol. The summed E-state index contributed by atoms with van der Waals surface area (Å²) in [6.07, 6.45) is 2.91. The van der Waals surface area contributed by atoms with Gasteiger partial charge < -0.3 is 0 Å². The molecule has 0 fully saturated rings. The molecule has 0 saturated carbocycles. The molecule has 18 heavy (non-hydrogen) atoms. The SMILES string of the molecule is CCCn1ncc(-c2ccccc2C(C)=O)c1C. The molecule has 0 aliphatic rings. The summed E-state index contributed by atoms with van der Waals surface area (Å²) in [5.41, 5.74) is 3.90. The van der Waals surface area contributed by atoms with Crippen LogP contribution >= 0.6 is 0 Å². The molecule has 0 atom stereocenters. The Labute approximate surface area is 107 Å². The Morgan fingerprint density at radius 1 is 1.28 bits per heavy atom. The van der Waals surface area contributed by atoms with Crippen LogP contribution in [0.4, 0.5) is 0 Å². The van der Waals surface area contributed by atoms with Crippen molar-refractivity contribution in [2.24, 2.45) is 0 Å². The smallest absolute Gasteiger partial charge is 0.160 e. The Kier molecular flexibility index (Phi) is 3.60. The normalized spacial score (nSPS) is 10.6. The topological polar surface area (TPSA) is 34.9 Å². The minimum absolute atomic E-state index is 0.0910. The second kappa shape index (κ2) is 5.17. The van der Waals surface area contributed by atoms with Gasteiger partial charge in [-0.1, -0.05) is 31.2 Å². The molecule has 2 rings (SSSR count). The minimum Gasteiger partial charge on any atom is -0.294 e. The number of ketones is 1. The molecular formula is C15H18N2O. The van der Waals surface area contributed by atoms with Crippen molar-refractivity contribution in [3.8, 4) is 11.1 Å². The van der Waals surface area contributed by atoms with Gasteiger partial charge in [-0.05, 0) is 25.8 Å². The van der Waals surface area contributed by atoms with Crippen LogP contribution in [0.2, 0.25) is 0 Å². The van der Waals surface area contributed by atoms with Gasteiger partial charge in [-0.3, -0.25) is 9.48 Å². The molecule has 0 amide bonds. The van der Waals surface area contributed by atoms with Crippen molar-refractivity contribution >= 4 is 5.78 Å². The fourth-order valence-corrected chi connectivity index (χ4v) is 2.17. The highest BCUT2D eigenvalue weighted by atomic mass is 16.1. The van der Waals surface area contributed by atoms with Crippen molar-refractivity contribution in [3.05, 3.63) is 41.7 Å². The summed E-state index contributed by atoms with van der Waals surface area (Å²) in [6.45, 7) is 6.69.